The number of hydrogen-bond acceptors (Lipinski definition) is 5. The molecule has 3 atom stereocenters. The third-order valence-electron chi connectivity index (χ3n) is 3.00. The van der Waals surface area contributed by atoms with Crippen molar-refractivity contribution in [3.63, 3.8) is 0 Å². The number of aromatic nitrogens is 1. The lowest BCUT2D eigenvalue weighted by atomic mass is 10.2. The van der Waals surface area contributed by atoms with Gasteiger partial charge >= 0.3 is 0 Å². The summed E-state index contributed by atoms with van der Waals surface area (Å²) >= 11 is 1.44. The Balaban J connectivity index is 2.14. The molecule has 1 aliphatic heterocycles. The van der Waals surface area contributed by atoms with Crippen molar-refractivity contribution in [2.45, 2.75) is 39.0 Å². The van der Waals surface area contributed by atoms with E-state index in [0.29, 0.717) is 18.8 Å². The Morgan fingerprint density at radius 2 is 2.39 bits per heavy atom. The van der Waals surface area contributed by atoms with Gasteiger partial charge in [-0.2, -0.15) is 0 Å². The number of nitrogens with two attached hydrogens (primary N) is 1. The maximum Gasteiger partial charge on any atom is 0.273 e. The predicted octanol–water partition coefficient (Wildman–Crippen LogP) is 1.41. The van der Waals surface area contributed by atoms with E-state index < -0.39 is 0 Å². The second kappa shape index (κ2) is 5.34. The largest absolute Gasteiger partial charge is 0.375 e. The van der Waals surface area contributed by atoms with E-state index in [0.717, 1.165) is 5.01 Å². The zero-order valence-electron chi connectivity index (χ0n) is 10.9. The van der Waals surface area contributed by atoms with Crippen molar-refractivity contribution in [1.82, 2.24) is 9.88 Å². The lowest BCUT2D eigenvalue weighted by molar-refractivity contribution is -0.0388. The van der Waals surface area contributed by atoms with E-state index in [4.69, 9.17) is 10.5 Å². The Hall–Kier alpha value is -0.980. The van der Waals surface area contributed by atoms with Crippen molar-refractivity contribution in [3.8, 4) is 0 Å². The fraction of sp³-hybridized carbons (Fsp3) is 0.667. The highest BCUT2D eigenvalue weighted by Gasteiger charge is 2.29. The minimum atomic E-state index is -0.127. The van der Waals surface area contributed by atoms with E-state index in [-0.39, 0.29) is 24.1 Å². The molecule has 2 heterocycles. The molecule has 1 aliphatic rings. The van der Waals surface area contributed by atoms with E-state index >= 15 is 0 Å². The first-order chi connectivity index (χ1) is 8.49. The van der Waals surface area contributed by atoms with Gasteiger partial charge in [0.25, 0.3) is 5.91 Å². The summed E-state index contributed by atoms with van der Waals surface area (Å²) in [6, 6.07) is -0.0354. The van der Waals surface area contributed by atoms with Crippen LogP contribution in [0.5, 0.6) is 0 Å². The molecule has 5 nitrogen and oxygen atoms in total. The normalized spacial score (nSPS) is 26.1. The summed E-state index contributed by atoms with van der Waals surface area (Å²) < 4.78 is 5.52. The molecule has 1 fully saturated rings. The average molecular weight is 269 g/mol. The van der Waals surface area contributed by atoms with Gasteiger partial charge in [0.2, 0.25) is 0 Å². The Morgan fingerprint density at radius 1 is 1.67 bits per heavy atom. The quantitative estimate of drug-likeness (QED) is 0.881. The molecule has 2 rings (SSSR count). The van der Waals surface area contributed by atoms with Gasteiger partial charge in [-0.15, -0.1) is 11.3 Å². The standard InChI is InChI=1S/C12H19N3O2S/c1-7-5-17-8(2)4-15(7)12(16)10-6-18-11(14-10)9(3)13/h6-9H,4-5,13H2,1-3H3. The fourth-order valence-corrected chi connectivity index (χ4v) is 2.68. The summed E-state index contributed by atoms with van der Waals surface area (Å²) in [6.07, 6.45) is 0.0803. The lowest BCUT2D eigenvalue weighted by Crippen LogP contribution is -2.50. The summed E-state index contributed by atoms with van der Waals surface area (Å²) in [7, 11) is 0. The van der Waals surface area contributed by atoms with Crippen LogP contribution in [0, 0.1) is 0 Å². The molecule has 18 heavy (non-hydrogen) atoms. The van der Waals surface area contributed by atoms with E-state index in [9.17, 15) is 4.79 Å². The maximum atomic E-state index is 12.4. The van der Waals surface area contributed by atoms with Gasteiger partial charge in [0, 0.05) is 11.9 Å². The summed E-state index contributed by atoms with van der Waals surface area (Å²) in [6.45, 7) is 7.03. The minimum Gasteiger partial charge on any atom is -0.375 e. The van der Waals surface area contributed by atoms with Crippen molar-refractivity contribution in [2.24, 2.45) is 5.73 Å². The Morgan fingerprint density at radius 3 is 3.00 bits per heavy atom. The van der Waals surface area contributed by atoms with Gasteiger partial charge in [-0.1, -0.05) is 0 Å². The van der Waals surface area contributed by atoms with Crippen LogP contribution in [0.1, 0.15) is 42.3 Å². The average Bonchev–Trinajstić information content (AvgIpc) is 2.81. The van der Waals surface area contributed by atoms with E-state index in [1.165, 1.54) is 11.3 Å². The topological polar surface area (TPSA) is 68.5 Å². The number of morpholine rings is 1. The molecule has 0 saturated carbocycles. The van der Waals surface area contributed by atoms with Gasteiger partial charge < -0.3 is 15.4 Å². The van der Waals surface area contributed by atoms with Crippen LogP contribution in [0.25, 0.3) is 0 Å². The number of amides is 1. The third kappa shape index (κ3) is 2.71. The Kier molecular flexibility index (Phi) is 3.99. The van der Waals surface area contributed by atoms with Crippen LogP contribution in [-0.4, -0.2) is 41.1 Å². The molecule has 1 saturated heterocycles. The Labute approximate surface area is 111 Å². The molecule has 2 N–H and O–H groups in total. The summed E-state index contributed by atoms with van der Waals surface area (Å²) in [5, 5.41) is 2.58. The number of rotatable bonds is 2. The number of ether oxygens (including phenoxy) is 1. The van der Waals surface area contributed by atoms with E-state index in [1.807, 2.05) is 25.7 Å². The molecule has 1 amide bonds. The molecular weight excluding hydrogens is 250 g/mol. The first-order valence-electron chi connectivity index (χ1n) is 6.12. The van der Waals surface area contributed by atoms with Crippen LogP contribution >= 0.6 is 11.3 Å². The lowest BCUT2D eigenvalue weighted by Gasteiger charge is -2.36. The summed E-state index contributed by atoms with van der Waals surface area (Å²) in [4.78, 5) is 18.5. The van der Waals surface area contributed by atoms with Gasteiger partial charge in [0.15, 0.2) is 0 Å². The minimum absolute atomic E-state index is 0.0270. The fourth-order valence-electron chi connectivity index (χ4n) is 1.93. The number of nitrogens with zero attached hydrogens (tertiary/aromatic N) is 2. The second-order valence-electron chi connectivity index (χ2n) is 4.81. The Bertz CT molecular complexity index is 433. The van der Waals surface area contributed by atoms with Crippen LogP contribution in [0.4, 0.5) is 0 Å². The molecule has 0 aromatic carbocycles. The van der Waals surface area contributed by atoms with Crippen molar-refractivity contribution in [2.75, 3.05) is 13.2 Å². The van der Waals surface area contributed by atoms with Gasteiger partial charge in [-0.25, -0.2) is 4.98 Å². The molecule has 1 aromatic rings. The highest BCUT2D eigenvalue weighted by Crippen LogP contribution is 2.19. The van der Waals surface area contributed by atoms with Crippen LogP contribution in [-0.2, 0) is 4.74 Å². The first-order valence-corrected chi connectivity index (χ1v) is 7.00. The van der Waals surface area contributed by atoms with Crippen molar-refractivity contribution >= 4 is 17.2 Å². The molecule has 0 spiro atoms. The van der Waals surface area contributed by atoms with Gasteiger partial charge in [-0.3, -0.25) is 4.79 Å². The zero-order valence-corrected chi connectivity index (χ0v) is 11.7. The monoisotopic (exact) mass is 269 g/mol. The molecule has 0 bridgehead atoms. The smallest absolute Gasteiger partial charge is 0.273 e. The maximum absolute atomic E-state index is 12.4. The first kappa shape index (κ1) is 13.5. The number of carbonyl (C=O) groups excluding carboxylic acids is 1. The molecule has 0 aliphatic carbocycles. The molecular formula is C12H19N3O2S. The molecule has 1 aromatic heterocycles. The van der Waals surface area contributed by atoms with Gasteiger partial charge in [-0.05, 0) is 20.8 Å². The molecule has 6 heteroatoms. The highest BCUT2D eigenvalue weighted by molar-refractivity contribution is 7.09. The third-order valence-corrected chi connectivity index (χ3v) is 4.04. The van der Waals surface area contributed by atoms with Crippen molar-refractivity contribution < 1.29 is 9.53 Å². The van der Waals surface area contributed by atoms with Crippen LogP contribution < -0.4 is 5.73 Å². The van der Waals surface area contributed by atoms with Gasteiger partial charge in [0.05, 0.1) is 24.8 Å². The van der Waals surface area contributed by atoms with Gasteiger partial charge in [0.1, 0.15) is 10.7 Å². The van der Waals surface area contributed by atoms with Crippen molar-refractivity contribution in [3.05, 3.63) is 16.1 Å². The van der Waals surface area contributed by atoms with Crippen LogP contribution in [0.3, 0.4) is 0 Å². The molecule has 0 radical (unpaired) electrons. The molecule has 3 unspecified atom stereocenters. The number of carbonyl (C=O) groups is 1. The SMILES string of the molecule is CC1CN(C(=O)c2csc(C(C)N)n2)C(C)CO1. The van der Waals surface area contributed by atoms with E-state index in [1.54, 1.807) is 5.38 Å². The predicted molar refractivity (Wildman–Crippen MR) is 70.6 cm³/mol. The number of thiazole rings is 1. The molecule has 100 valence electrons. The van der Waals surface area contributed by atoms with Crippen molar-refractivity contribution in [1.29, 1.82) is 0 Å². The zero-order chi connectivity index (χ0) is 13.3. The number of hydrogen-bond donors (Lipinski definition) is 1. The van der Waals surface area contributed by atoms with E-state index in [2.05, 4.69) is 4.98 Å². The summed E-state index contributed by atoms with van der Waals surface area (Å²) in [5.74, 6) is -0.0270. The second-order valence-corrected chi connectivity index (χ2v) is 5.70. The highest BCUT2D eigenvalue weighted by atomic mass is 32.1. The van der Waals surface area contributed by atoms with Crippen LogP contribution in [0.2, 0.25) is 0 Å². The van der Waals surface area contributed by atoms with Crippen LogP contribution in [0.15, 0.2) is 5.38 Å². The summed E-state index contributed by atoms with van der Waals surface area (Å²) in [5.41, 5.74) is 6.25.